The largest absolute Gasteiger partial charge is 0.480 e. The fourth-order valence-electron chi connectivity index (χ4n) is 2.43. The van der Waals surface area contributed by atoms with Gasteiger partial charge < -0.3 is 15.7 Å². The predicted molar refractivity (Wildman–Crippen MR) is 81.8 cm³/mol. The van der Waals surface area contributed by atoms with E-state index in [0.717, 1.165) is 18.4 Å². The van der Waals surface area contributed by atoms with Gasteiger partial charge in [0.1, 0.15) is 6.04 Å². The number of benzene rings is 1. The highest BCUT2D eigenvalue weighted by atomic mass is 16.4. The summed E-state index contributed by atoms with van der Waals surface area (Å²) in [6.45, 7) is 1.97. The van der Waals surface area contributed by atoms with E-state index < -0.39 is 17.9 Å². The molecular formula is C16H20N2O4. The van der Waals surface area contributed by atoms with Crippen molar-refractivity contribution < 1.29 is 19.5 Å². The molecule has 0 radical (unpaired) electrons. The van der Waals surface area contributed by atoms with Crippen molar-refractivity contribution in [2.24, 2.45) is 0 Å². The molecule has 1 aromatic carbocycles. The summed E-state index contributed by atoms with van der Waals surface area (Å²) in [5.74, 6) is -1.45. The van der Waals surface area contributed by atoms with Crippen LogP contribution < -0.4 is 10.6 Å². The minimum absolute atomic E-state index is 0.0322. The molecule has 0 spiro atoms. The van der Waals surface area contributed by atoms with E-state index in [1.807, 2.05) is 6.92 Å². The van der Waals surface area contributed by atoms with Crippen molar-refractivity contribution in [3.63, 3.8) is 0 Å². The average molecular weight is 304 g/mol. The zero-order valence-electron chi connectivity index (χ0n) is 12.5. The number of aliphatic carboxylic acids is 1. The van der Waals surface area contributed by atoms with Gasteiger partial charge in [-0.25, -0.2) is 4.79 Å². The van der Waals surface area contributed by atoms with Crippen molar-refractivity contribution in [2.75, 3.05) is 5.32 Å². The number of anilines is 1. The van der Waals surface area contributed by atoms with Crippen LogP contribution in [-0.2, 0) is 16.0 Å². The number of amides is 2. The molecule has 3 N–H and O–H groups in total. The lowest BCUT2D eigenvalue weighted by Gasteiger charge is -2.18. The molecule has 0 aromatic heterocycles. The van der Waals surface area contributed by atoms with Crippen LogP contribution in [-0.4, -0.2) is 28.9 Å². The monoisotopic (exact) mass is 304 g/mol. The quantitative estimate of drug-likeness (QED) is 0.748. The summed E-state index contributed by atoms with van der Waals surface area (Å²) in [5.41, 5.74) is 2.03. The van der Waals surface area contributed by atoms with Gasteiger partial charge in [0, 0.05) is 17.7 Å². The van der Waals surface area contributed by atoms with Crippen LogP contribution in [0.15, 0.2) is 18.2 Å². The molecule has 1 aliphatic rings. The van der Waals surface area contributed by atoms with Crippen LogP contribution in [0.2, 0.25) is 0 Å². The van der Waals surface area contributed by atoms with Gasteiger partial charge in [0.05, 0.1) is 0 Å². The normalized spacial score (nSPS) is 14.7. The molecule has 2 amide bonds. The summed E-state index contributed by atoms with van der Waals surface area (Å²) in [6.07, 6.45) is 3.01. The molecule has 2 rings (SSSR count). The highest BCUT2D eigenvalue weighted by molar-refractivity contribution is 5.99. The van der Waals surface area contributed by atoms with Crippen molar-refractivity contribution in [3.05, 3.63) is 29.3 Å². The standard InChI is InChI=1S/C16H20N2O4/c1-2-3-4-13(16(21)22)18-15(20)11-5-7-12-10(9-11)6-8-14(19)17-12/h5,7,9,13H,2-4,6,8H2,1H3,(H,17,19)(H,18,20)(H,21,22)/t13-/m0/s1. The van der Waals surface area contributed by atoms with E-state index in [1.54, 1.807) is 18.2 Å². The molecular weight excluding hydrogens is 284 g/mol. The third kappa shape index (κ3) is 3.84. The second-order valence-corrected chi connectivity index (χ2v) is 5.43. The van der Waals surface area contributed by atoms with Gasteiger partial charge in [-0.15, -0.1) is 0 Å². The zero-order valence-corrected chi connectivity index (χ0v) is 12.5. The molecule has 1 aliphatic heterocycles. The molecule has 6 nitrogen and oxygen atoms in total. The first-order valence-corrected chi connectivity index (χ1v) is 7.47. The summed E-state index contributed by atoms with van der Waals surface area (Å²) < 4.78 is 0. The molecule has 1 aromatic rings. The maximum absolute atomic E-state index is 12.2. The van der Waals surface area contributed by atoms with E-state index >= 15 is 0 Å². The van der Waals surface area contributed by atoms with Crippen molar-refractivity contribution in [1.29, 1.82) is 0 Å². The first-order valence-electron chi connectivity index (χ1n) is 7.47. The molecule has 0 saturated heterocycles. The molecule has 0 saturated carbocycles. The van der Waals surface area contributed by atoms with Crippen LogP contribution in [0.5, 0.6) is 0 Å². The highest BCUT2D eigenvalue weighted by Crippen LogP contribution is 2.23. The fraction of sp³-hybridized carbons (Fsp3) is 0.438. The summed E-state index contributed by atoms with van der Waals surface area (Å²) in [7, 11) is 0. The van der Waals surface area contributed by atoms with Gasteiger partial charge in [-0.2, -0.15) is 0 Å². The van der Waals surface area contributed by atoms with Gasteiger partial charge in [-0.05, 0) is 36.6 Å². The Morgan fingerprint density at radius 3 is 2.82 bits per heavy atom. The van der Waals surface area contributed by atoms with Crippen LogP contribution in [0.3, 0.4) is 0 Å². The number of rotatable bonds is 6. The number of unbranched alkanes of at least 4 members (excludes halogenated alkanes) is 1. The second-order valence-electron chi connectivity index (χ2n) is 5.43. The summed E-state index contributed by atoms with van der Waals surface area (Å²) in [5, 5.41) is 14.5. The average Bonchev–Trinajstić information content (AvgIpc) is 2.50. The maximum Gasteiger partial charge on any atom is 0.326 e. The van der Waals surface area contributed by atoms with Crippen molar-refractivity contribution in [2.45, 2.75) is 45.1 Å². The lowest BCUT2D eigenvalue weighted by atomic mass is 10.00. The predicted octanol–water partition coefficient (Wildman–Crippen LogP) is 1.94. The SMILES string of the molecule is CCCC[C@H](NC(=O)c1ccc2c(c1)CCC(=O)N2)C(=O)O. The fourth-order valence-corrected chi connectivity index (χ4v) is 2.43. The first-order chi connectivity index (χ1) is 10.5. The van der Waals surface area contributed by atoms with Gasteiger partial charge in [0.2, 0.25) is 5.91 Å². The van der Waals surface area contributed by atoms with Crippen molar-refractivity contribution >= 4 is 23.5 Å². The van der Waals surface area contributed by atoms with E-state index in [9.17, 15) is 14.4 Å². The van der Waals surface area contributed by atoms with Gasteiger partial charge in [0.15, 0.2) is 0 Å². The van der Waals surface area contributed by atoms with Crippen LogP contribution in [0.1, 0.15) is 48.5 Å². The molecule has 118 valence electrons. The minimum Gasteiger partial charge on any atom is -0.480 e. The highest BCUT2D eigenvalue weighted by Gasteiger charge is 2.21. The molecule has 0 bridgehead atoms. The Balaban J connectivity index is 2.09. The van der Waals surface area contributed by atoms with Gasteiger partial charge >= 0.3 is 5.97 Å². The Bertz CT molecular complexity index is 598. The summed E-state index contributed by atoms with van der Waals surface area (Å²) in [4.78, 5) is 34.7. The number of hydrogen-bond donors (Lipinski definition) is 3. The van der Waals surface area contributed by atoms with Crippen LogP contribution in [0.25, 0.3) is 0 Å². The lowest BCUT2D eigenvalue weighted by Crippen LogP contribution is -2.40. The molecule has 22 heavy (non-hydrogen) atoms. The number of carbonyl (C=O) groups is 3. The van der Waals surface area contributed by atoms with Gasteiger partial charge in [-0.3, -0.25) is 9.59 Å². The Hall–Kier alpha value is -2.37. The molecule has 6 heteroatoms. The Morgan fingerprint density at radius 2 is 2.14 bits per heavy atom. The van der Waals surface area contributed by atoms with Crippen LogP contribution >= 0.6 is 0 Å². The smallest absolute Gasteiger partial charge is 0.326 e. The van der Waals surface area contributed by atoms with Crippen LogP contribution in [0.4, 0.5) is 5.69 Å². The first kappa shape index (κ1) is 16.0. The molecule has 0 fully saturated rings. The number of carboxylic acid groups (broad SMARTS) is 1. The van der Waals surface area contributed by atoms with Crippen LogP contribution in [0, 0.1) is 0 Å². The third-order valence-corrected chi connectivity index (χ3v) is 3.71. The topological polar surface area (TPSA) is 95.5 Å². The third-order valence-electron chi connectivity index (χ3n) is 3.71. The molecule has 0 aliphatic carbocycles. The maximum atomic E-state index is 12.2. The van der Waals surface area contributed by atoms with E-state index in [-0.39, 0.29) is 5.91 Å². The number of carbonyl (C=O) groups excluding carboxylic acids is 2. The minimum atomic E-state index is -1.02. The second kappa shape index (κ2) is 7.06. The molecule has 1 heterocycles. The zero-order chi connectivity index (χ0) is 16.1. The van der Waals surface area contributed by atoms with Crippen molar-refractivity contribution in [3.8, 4) is 0 Å². The number of fused-ring (bicyclic) bond motifs is 1. The van der Waals surface area contributed by atoms with E-state index in [2.05, 4.69) is 10.6 Å². The van der Waals surface area contributed by atoms with E-state index in [4.69, 9.17) is 5.11 Å². The summed E-state index contributed by atoms with van der Waals surface area (Å²) in [6, 6.07) is 4.12. The number of hydrogen-bond acceptors (Lipinski definition) is 3. The van der Waals surface area contributed by atoms with Crippen molar-refractivity contribution in [1.82, 2.24) is 5.32 Å². The Morgan fingerprint density at radius 1 is 1.36 bits per heavy atom. The van der Waals surface area contributed by atoms with Gasteiger partial charge in [0.25, 0.3) is 5.91 Å². The Kier molecular flexibility index (Phi) is 5.14. The van der Waals surface area contributed by atoms with Gasteiger partial charge in [-0.1, -0.05) is 19.8 Å². The lowest BCUT2D eigenvalue weighted by molar-refractivity contribution is -0.139. The van der Waals surface area contributed by atoms with E-state index in [0.29, 0.717) is 30.5 Å². The Labute approximate surface area is 128 Å². The summed E-state index contributed by atoms with van der Waals surface area (Å²) >= 11 is 0. The van der Waals surface area contributed by atoms with E-state index in [1.165, 1.54) is 0 Å². The number of aryl methyl sites for hydroxylation is 1. The number of nitrogens with one attached hydrogen (secondary N) is 2. The molecule has 0 unspecified atom stereocenters. The number of carboxylic acids is 1. The molecule has 1 atom stereocenters.